The molecule has 1 amide bonds. The predicted octanol–water partition coefficient (Wildman–Crippen LogP) is 3.34. The Morgan fingerprint density at radius 3 is 2.60 bits per heavy atom. The van der Waals surface area contributed by atoms with Gasteiger partial charge >= 0.3 is 0 Å². The summed E-state index contributed by atoms with van der Waals surface area (Å²) in [6.45, 7) is 5.18. The molecule has 0 aliphatic heterocycles. The third kappa shape index (κ3) is 4.37. The highest BCUT2D eigenvalue weighted by Crippen LogP contribution is 2.28. The summed E-state index contributed by atoms with van der Waals surface area (Å²) < 4.78 is 0. The fourth-order valence-corrected chi connectivity index (χ4v) is 2.36. The molecule has 3 nitrogen and oxygen atoms in total. The van der Waals surface area contributed by atoms with Crippen molar-refractivity contribution in [2.75, 3.05) is 13.1 Å². The molecule has 0 bridgehead atoms. The average molecular weight is 315 g/mol. The molecule has 0 unspecified atom stereocenters. The molecule has 1 aliphatic rings. The first-order valence-electron chi connectivity index (χ1n) is 6.86. The third-order valence-electron chi connectivity index (χ3n) is 3.51. The van der Waals surface area contributed by atoms with Crippen LogP contribution in [-0.4, -0.2) is 19.0 Å². The van der Waals surface area contributed by atoms with E-state index < -0.39 is 5.54 Å². The maximum absolute atomic E-state index is 12.0. The van der Waals surface area contributed by atoms with Crippen LogP contribution in [0.15, 0.2) is 18.2 Å². The van der Waals surface area contributed by atoms with Gasteiger partial charge in [0, 0.05) is 0 Å². The maximum atomic E-state index is 12.0. The van der Waals surface area contributed by atoms with Gasteiger partial charge in [-0.3, -0.25) is 4.79 Å². The van der Waals surface area contributed by atoms with Gasteiger partial charge in [0.05, 0.1) is 22.1 Å². The molecule has 1 aromatic rings. The van der Waals surface area contributed by atoms with E-state index in [-0.39, 0.29) is 5.91 Å². The Hall–Kier alpha value is -0.770. The number of benzene rings is 1. The fourth-order valence-electron chi connectivity index (χ4n) is 2.06. The van der Waals surface area contributed by atoms with E-state index in [1.54, 1.807) is 12.1 Å². The van der Waals surface area contributed by atoms with Gasteiger partial charge in [0.1, 0.15) is 0 Å². The Labute approximate surface area is 130 Å². The Bertz CT molecular complexity index is 499. The van der Waals surface area contributed by atoms with Crippen LogP contribution in [0.5, 0.6) is 0 Å². The molecular formula is C15H20Cl2N2O. The summed E-state index contributed by atoms with van der Waals surface area (Å²) in [6.07, 6.45) is 2.56. The number of carbonyl (C=O) groups excluding carboxylic acids is 1. The monoisotopic (exact) mass is 314 g/mol. The zero-order chi connectivity index (χ0) is 14.8. The second kappa shape index (κ2) is 6.33. The highest BCUT2D eigenvalue weighted by atomic mass is 35.5. The van der Waals surface area contributed by atoms with Crippen molar-refractivity contribution < 1.29 is 4.79 Å². The number of nitrogens with one attached hydrogen (secondary N) is 2. The molecule has 20 heavy (non-hydrogen) atoms. The highest BCUT2D eigenvalue weighted by molar-refractivity contribution is 6.42. The molecule has 0 aromatic heterocycles. The molecule has 2 rings (SSSR count). The van der Waals surface area contributed by atoms with E-state index in [4.69, 9.17) is 23.2 Å². The highest BCUT2D eigenvalue weighted by Gasteiger charge is 2.24. The molecule has 1 fully saturated rings. The van der Waals surface area contributed by atoms with Gasteiger partial charge in [-0.15, -0.1) is 0 Å². The van der Waals surface area contributed by atoms with Crippen molar-refractivity contribution in [3.63, 3.8) is 0 Å². The second-order valence-corrected chi connectivity index (χ2v) is 6.69. The number of rotatable bonds is 6. The molecule has 0 spiro atoms. The van der Waals surface area contributed by atoms with Crippen molar-refractivity contribution in [1.82, 2.24) is 10.6 Å². The molecule has 5 heteroatoms. The van der Waals surface area contributed by atoms with Crippen LogP contribution in [0, 0.1) is 5.92 Å². The number of hydrogen-bond acceptors (Lipinski definition) is 2. The van der Waals surface area contributed by atoms with Crippen LogP contribution in [0.3, 0.4) is 0 Å². The van der Waals surface area contributed by atoms with Crippen molar-refractivity contribution >= 4 is 29.1 Å². The standard InChI is InChI=1S/C15H20Cl2N2O/c1-15(2,11-5-6-12(16)13(17)7-11)19-14(20)9-18-8-10-3-4-10/h5-7,10,18H,3-4,8-9H2,1-2H3,(H,19,20). The smallest absolute Gasteiger partial charge is 0.234 e. The van der Waals surface area contributed by atoms with Gasteiger partial charge < -0.3 is 10.6 Å². The molecule has 2 N–H and O–H groups in total. The Kier molecular flexibility index (Phi) is 4.95. The van der Waals surface area contributed by atoms with E-state index in [1.165, 1.54) is 12.8 Å². The summed E-state index contributed by atoms with van der Waals surface area (Å²) in [4.78, 5) is 12.0. The zero-order valence-corrected chi connectivity index (χ0v) is 13.3. The van der Waals surface area contributed by atoms with Crippen LogP contribution in [0.1, 0.15) is 32.3 Å². The van der Waals surface area contributed by atoms with E-state index in [9.17, 15) is 4.79 Å². The summed E-state index contributed by atoms with van der Waals surface area (Å²) in [6, 6.07) is 5.42. The lowest BCUT2D eigenvalue weighted by Crippen LogP contribution is -2.45. The lowest BCUT2D eigenvalue weighted by Gasteiger charge is -2.27. The largest absolute Gasteiger partial charge is 0.346 e. The summed E-state index contributed by atoms with van der Waals surface area (Å²) in [5.41, 5.74) is 0.453. The quantitative estimate of drug-likeness (QED) is 0.845. The van der Waals surface area contributed by atoms with Gasteiger partial charge in [-0.2, -0.15) is 0 Å². The van der Waals surface area contributed by atoms with E-state index in [1.807, 2.05) is 19.9 Å². The van der Waals surface area contributed by atoms with Gasteiger partial charge in [0.15, 0.2) is 0 Å². The average Bonchev–Trinajstić information content (AvgIpc) is 3.16. The summed E-state index contributed by atoms with van der Waals surface area (Å²) in [5, 5.41) is 7.21. The number of amides is 1. The normalized spacial score (nSPS) is 15.2. The predicted molar refractivity (Wildman–Crippen MR) is 83.2 cm³/mol. The summed E-state index contributed by atoms with van der Waals surface area (Å²) in [5.74, 6) is 0.757. The summed E-state index contributed by atoms with van der Waals surface area (Å²) in [7, 11) is 0. The fraction of sp³-hybridized carbons (Fsp3) is 0.533. The Morgan fingerprint density at radius 1 is 1.30 bits per heavy atom. The van der Waals surface area contributed by atoms with Crippen molar-refractivity contribution in [2.45, 2.75) is 32.2 Å². The lowest BCUT2D eigenvalue weighted by atomic mass is 9.94. The van der Waals surface area contributed by atoms with Gasteiger partial charge in [0.25, 0.3) is 0 Å². The molecule has 0 radical (unpaired) electrons. The Balaban J connectivity index is 1.90. The first-order chi connectivity index (χ1) is 9.38. The van der Waals surface area contributed by atoms with Crippen LogP contribution < -0.4 is 10.6 Å². The van der Waals surface area contributed by atoms with Crippen LogP contribution in [-0.2, 0) is 10.3 Å². The van der Waals surface area contributed by atoms with E-state index >= 15 is 0 Å². The van der Waals surface area contributed by atoms with Crippen LogP contribution in [0.2, 0.25) is 10.0 Å². The first-order valence-corrected chi connectivity index (χ1v) is 7.61. The number of carbonyl (C=O) groups is 1. The minimum atomic E-state index is -0.480. The van der Waals surface area contributed by atoms with Gasteiger partial charge in [-0.1, -0.05) is 29.3 Å². The number of hydrogen-bond donors (Lipinski definition) is 2. The zero-order valence-electron chi connectivity index (χ0n) is 11.8. The van der Waals surface area contributed by atoms with E-state index in [2.05, 4.69) is 10.6 Å². The molecule has 0 saturated heterocycles. The van der Waals surface area contributed by atoms with Crippen LogP contribution in [0.25, 0.3) is 0 Å². The number of halogens is 2. The van der Waals surface area contributed by atoms with E-state index in [0.717, 1.165) is 18.0 Å². The SMILES string of the molecule is CC(C)(NC(=O)CNCC1CC1)c1ccc(Cl)c(Cl)c1. The van der Waals surface area contributed by atoms with Crippen LogP contribution in [0.4, 0.5) is 0 Å². The maximum Gasteiger partial charge on any atom is 0.234 e. The topological polar surface area (TPSA) is 41.1 Å². The van der Waals surface area contributed by atoms with Crippen molar-refractivity contribution in [3.05, 3.63) is 33.8 Å². The van der Waals surface area contributed by atoms with Crippen molar-refractivity contribution in [1.29, 1.82) is 0 Å². The summed E-state index contributed by atoms with van der Waals surface area (Å²) >= 11 is 11.9. The van der Waals surface area contributed by atoms with E-state index in [0.29, 0.717) is 16.6 Å². The van der Waals surface area contributed by atoms with Crippen LogP contribution >= 0.6 is 23.2 Å². The molecule has 110 valence electrons. The minimum Gasteiger partial charge on any atom is -0.346 e. The molecular weight excluding hydrogens is 295 g/mol. The third-order valence-corrected chi connectivity index (χ3v) is 4.25. The van der Waals surface area contributed by atoms with Gasteiger partial charge in [-0.25, -0.2) is 0 Å². The van der Waals surface area contributed by atoms with Gasteiger partial charge in [-0.05, 0) is 56.8 Å². The van der Waals surface area contributed by atoms with Crippen molar-refractivity contribution in [2.24, 2.45) is 5.92 Å². The molecule has 1 aliphatic carbocycles. The molecule has 1 aromatic carbocycles. The van der Waals surface area contributed by atoms with Crippen molar-refractivity contribution in [3.8, 4) is 0 Å². The second-order valence-electron chi connectivity index (χ2n) is 5.88. The molecule has 0 atom stereocenters. The Morgan fingerprint density at radius 2 is 2.00 bits per heavy atom. The lowest BCUT2D eigenvalue weighted by molar-refractivity contribution is -0.121. The first kappa shape index (κ1) is 15.6. The molecule has 1 saturated carbocycles. The minimum absolute atomic E-state index is 0.0123. The van der Waals surface area contributed by atoms with Gasteiger partial charge in [0.2, 0.25) is 5.91 Å². The molecule has 0 heterocycles.